The van der Waals surface area contributed by atoms with E-state index in [0.29, 0.717) is 16.8 Å². The Balaban J connectivity index is 1.60. The molecular formula is C22H17FN4O4. The van der Waals surface area contributed by atoms with E-state index in [2.05, 4.69) is 11.1 Å². The number of aromatic nitrogens is 3. The first-order valence-corrected chi connectivity index (χ1v) is 9.35. The topological polar surface area (TPSA) is 102 Å². The molecule has 3 heterocycles. The van der Waals surface area contributed by atoms with Crippen molar-refractivity contribution in [3.05, 3.63) is 92.8 Å². The first kappa shape index (κ1) is 20.0. The SMILES string of the molecule is Cc1cc(Oc2ccc(F)cc2OCCn2ccc(=O)[nH]c2=O)c2cc(C#N)cn2c1. The zero-order chi connectivity index (χ0) is 22.0. The van der Waals surface area contributed by atoms with Crippen LogP contribution in [0, 0.1) is 24.1 Å². The largest absolute Gasteiger partial charge is 0.488 e. The van der Waals surface area contributed by atoms with Gasteiger partial charge >= 0.3 is 5.69 Å². The smallest absolute Gasteiger partial charge is 0.328 e. The molecule has 0 bridgehead atoms. The van der Waals surface area contributed by atoms with Crippen LogP contribution in [0.1, 0.15) is 11.1 Å². The molecule has 4 rings (SSSR count). The van der Waals surface area contributed by atoms with Crippen molar-refractivity contribution in [1.29, 1.82) is 5.26 Å². The number of halogens is 1. The molecule has 156 valence electrons. The van der Waals surface area contributed by atoms with E-state index in [1.165, 1.54) is 35.0 Å². The van der Waals surface area contributed by atoms with E-state index in [4.69, 9.17) is 9.47 Å². The number of H-pyrrole nitrogens is 1. The molecule has 9 heteroatoms. The van der Waals surface area contributed by atoms with Crippen molar-refractivity contribution in [2.24, 2.45) is 0 Å². The third-order valence-corrected chi connectivity index (χ3v) is 4.54. The number of hydrogen-bond acceptors (Lipinski definition) is 5. The minimum Gasteiger partial charge on any atom is -0.488 e. The predicted molar refractivity (Wildman–Crippen MR) is 110 cm³/mol. The van der Waals surface area contributed by atoms with E-state index in [-0.39, 0.29) is 24.7 Å². The van der Waals surface area contributed by atoms with Crippen LogP contribution in [0.5, 0.6) is 17.2 Å². The highest BCUT2D eigenvalue weighted by molar-refractivity contribution is 5.66. The zero-order valence-electron chi connectivity index (χ0n) is 16.5. The van der Waals surface area contributed by atoms with Gasteiger partial charge in [0.15, 0.2) is 17.2 Å². The summed E-state index contributed by atoms with van der Waals surface area (Å²) < 4.78 is 28.6. The van der Waals surface area contributed by atoms with E-state index in [9.17, 15) is 19.2 Å². The quantitative estimate of drug-likeness (QED) is 0.517. The summed E-state index contributed by atoms with van der Waals surface area (Å²) in [4.78, 5) is 25.1. The second kappa shape index (κ2) is 8.20. The molecule has 0 radical (unpaired) electrons. The number of aryl methyl sites for hydroxylation is 1. The number of ether oxygens (including phenoxy) is 2. The van der Waals surface area contributed by atoms with Gasteiger partial charge in [-0.25, -0.2) is 9.18 Å². The van der Waals surface area contributed by atoms with Crippen LogP contribution in [0.15, 0.2) is 64.6 Å². The summed E-state index contributed by atoms with van der Waals surface area (Å²) >= 11 is 0. The first-order valence-electron chi connectivity index (χ1n) is 9.35. The van der Waals surface area contributed by atoms with Gasteiger partial charge in [-0.3, -0.25) is 14.3 Å². The number of hydrogen-bond donors (Lipinski definition) is 1. The van der Waals surface area contributed by atoms with E-state index < -0.39 is 17.1 Å². The van der Waals surface area contributed by atoms with Crippen molar-refractivity contribution in [3.8, 4) is 23.3 Å². The zero-order valence-corrected chi connectivity index (χ0v) is 16.5. The molecule has 0 amide bonds. The lowest BCUT2D eigenvalue weighted by Gasteiger charge is -2.14. The number of pyridine rings is 1. The Morgan fingerprint density at radius 2 is 1.94 bits per heavy atom. The second-order valence-electron chi connectivity index (χ2n) is 6.86. The van der Waals surface area contributed by atoms with Crippen LogP contribution in [0.4, 0.5) is 4.39 Å². The maximum atomic E-state index is 13.8. The van der Waals surface area contributed by atoms with Crippen molar-refractivity contribution in [2.75, 3.05) is 6.61 Å². The van der Waals surface area contributed by atoms with Crippen LogP contribution in [-0.2, 0) is 6.54 Å². The molecule has 0 atom stereocenters. The number of benzene rings is 1. The van der Waals surface area contributed by atoms with Crippen molar-refractivity contribution in [3.63, 3.8) is 0 Å². The molecule has 0 fully saturated rings. The Morgan fingerprint density at radius 1 is 1.10 bits per heavy atom. The Labute approximate surface area is 175 Å². The summed E-state index contributed by atoms with van der Waals surface area (Å²) in [6.07, 6.45) is 4.92. The van der Waals surface area contributed by atoms with Gasteiger partial charge in [0.05, 0.1) is 17.6 Å². The van der Waals surface area contributed by atoms with E-state index in [1.54, 1.807) is 16.7 Å². The van der Waals surface area contributed by atoms with Gasteiger partial charge in [0.25, 0.3) is 5.56 Å². The summed E-state index contributed by atoms with van der Waals surface area (Å²) in [6, 6.07) is 10.7. The van der Waals surface area contributed by atoms with Crippen LogP contribution in [0.3, 0.4) is 0 Å². The molecule has 31 heavy (non-hydrogen) atoms. The summed E-state index contributed by atoms with van der Waals surface area (Å²) in [7, 11) is 0. The van der Waals surface area contributed by atoms with Crippen LogP contribution in [0.25, 0.3) is 5.52 Å². The van der Waals surface area contributed by atoms with Crippen molar-refractivity contribution >= 4 is 5.52 Å². The predicted octanol–water partition coefficient (Wildman–Crippen LogP) is 2.98. The maximum absolute atomic E-state index is 13.8. The van der Waals surface area contributed by atoms with Gasteiger partial charge in [-0.15, -0.1) is 0 Å². The monoisotopic (exact) mass is 420 g/mol. The number of nitrogens with one attached hydrogen (secondary N) is 1. The number of nitrogens with zero attached hydrogens (tertiary/aromatic N) is 3. The highest BCUT2D eigenvalue weighted by atomic mass is 19.1. The molecule has 0 unspecified atom stereocenters. The van der Waals surface area contributed by atoms with Crippen LogP contribution < -0.4 is 20.7 Å². The minimum absolute atomic E-state index is 0.0404. The highest BCUT2D eigenvalue weighted by Crippen LogP contribution is 2.35. The molecule has 0 saturated carbocycles. The molecule has 1 aromatic carbocycles. The van der Waals surface area contributed by atoms with Gasteiger partial charge in [0.2, 0.25) is 0 Å². The molecule has 0 aliphatic heterocycles. The van der Waals surface area contributed by atoms with Gasteiger partial charge in [-0.1, -0.05) is 0 Å². The van der Waals surface area contributed by atoms with Gasteiger partial charge < -0.3 is 13.9 Å². The third-order valence-electron chi connectivity index (χ3n) is 4.54. The van der Waals surface area contributed by atoms with Crippen LogP contribution in [-0.4, -0.2) is 20.6 Å². The van der Waals surface area contributed by atoms with Crippen LogP contribution >= 0.6 is 0 Å². The van der Waals surface area contributed by atoms with Crippen molar-refractivity contribution in [2.45, 2.75) is 13.5 Å². The van der Waals surface area contributed by atoms with Crippen molar-refractivity contribution in [1.82, 2.24) is 14.0 Å². The van der Waals surface area contributed by atoms with Gasteiger partial charge in [0.1, 0.15) is 18.5 Å². The second-order valence-corrected chi connectivity index (χ2v) is 6.86. The average Bonchev–Trinajstić information content (AvgIpc) is 3.14. The molecule has 0 spiro atoms. The maximum Gasteiger partial charge on any atom is 0.328 e. The standard InChI is InChI=1S/C22H17FN4O4/c1-14-8-19(17-9-15(11-24)13-27(17)12-14)31-18-3-2-16(23)10-20(18)30-7-6-26-5-4-21(28)25-22(26)29/h2-5,8-10,12-13H,6-7H2,1H3,(H,25,28,29). The van der Waals surface area contributed by atoms with Gasteiger partial charge in [-0.2, -0.15) is 5.26 Å². The normalized spacial score (nSPS) is 10.7. The Morgan fingerprint density at radius 3 is 2.71 bits per heavy atom. The Kier molecular flexibility index (Phi) is 5.28. The molecule has 8 nitrogen and oxygen atoms in total. The molecular weight excluding hydrogens is 403 g/mol. The van der Waals surface area contributed by atoms with Gasteiger partial charge in [0, 0.05) is 30.7 Å². The van der Waals surface area contributed by atoms with E-state index >= 15 is 0 Å². The number of nitriles is 1. The Hall–Kier alpha value is -4.32. The Bertz CT molecular complexity index is 1430. The molecule has 0 aliphatic rings. The lowest BCUT2D eigenvalue weighted by molar-refractivity contribution is 0.282. The van der Waals surface area contributed by atoms with Crippen LogP contribution in [0.2, 0.25) is 0 Å². The highest BCUT2D eigenvalue weighted by Gasteiger charge is 2.13. The van der Waals surface area contributed by atoms with E-state index in [0.717, 1.165) is 5.56 Å². The molecule has 0 aliphatic carbocycles. The van der Waals surface area contributed by atoms with E-state index in [1.807, 2.05) is 19.2 Å². The molecule has 1 N–H and O–H groups in total. The summed E-state index contributed by atoms with van der Waals surface area (Å²) in [5.74, 6) is 0.411. The first-order chi connectivity index (χ1) is 14.9. The average molecular weight is 420 g/mol. The lowest BCUT2D eigenvalue weighted by Crippen LogP contribution is -2.30. The fourth-order valence-corrected chi connectivity index (χ4v) is 3.14. The number of rotatable bonds is 6. The number of fused-ring (bicyclic) bond motifs is 1. The third kappa shape index (κ3) is 4.33. The lowest BCUT2D eigenvalue weighted by atomic mass is 10.2. The number of aromatic amines is 1. The summed E-state index contributed by atoms with van der Waals surface area (Å²) in [5.41, 5.74) is 1.02. The molecule has 0 saturated heterocycles. The summed E-state index contributed by atoms with van der Waals surface area (Å²) in [6.45, 7) is 2.07. The molecule has 3 aromatic heterocycles. The van der Waals surface area contributed by atoms with Crippen molar-refractivity contribution < 1.29 is 13.9 Å². The fourth-order valence-electron chi connectivity index (χ4n) is 3.14. The molecule has 4 aromatic rings. The summed E-state index contributed by atoms with van der Waals surface area (Å²) in [5, 5.41) is 9.18. The fraction of sp³-hybridized carbons (Fsp3) is 0.136. The minimum atomic E-state index is -0.560. The van der Waals surface area contributed by atoms with Gasteiger partial charge in [-0.05, 0) is 36.8 Å².